The Morgan fingerprint density at radius 2 is 1.77 bits per heavy atom. The van der Waals surface area contributed by atoms with E-state index in [1.807, 2.05) is 0 Å². The molecule has 2 rings (SSSR count). The Kier molecular flexibility index (Phi) is 8.74. The molecular formula is C21H23N3O5S2. The summed E-state index contributed by atoms with van der Waals surface area (Å²) in [4.78, 5) is 12.2. The van der Waals surface area contributed by atoms with Gasteiger partial charge in [0.1, 0.15) is 0 Å². The number of rotatable bonds is 9. The van der Waals surface area contributed by atoms with Crippen LogP contribution < -0.4 is 24.8 Å². The summed E-state index contributed by atoms with van der Waals surface area (Å²) in [6.07, 6.45) is 4.39. The fourth-order valence-electron chi connectivity index (χ4n) is 2.41. The maximum Gasteiger partial charge on any atom is 0.250 e. The molecule has 0 saturated heterocycles. The third-order valence-corrected chi connectivity index (χ3v) is 5.56. The predicted molar refractivity (Wildman–Crippen MR) is 125 cm³/mol. The lowest BCUT2D eigenvalue weighted by Crippen LogP contribution is -2.32. The van der Waals surface area contributed by atoms with E-state index in [2.05, 4.69) is 21.9 Å². The molecule has 0 radical (unpaired) electrons. The van der Waals surface area contributed by atoms with Crippen LogP contribution in [-0.4, -0.2) is 40.2 Å². The minimum atomic E-state index is -3.61. The molecule has 0 aliphatic carbocycles. The summed E-state index contributed by atoms with van der Waals surface area (Å²) < 4.78 is 36.9. The number of hydrogen-bond acceptors (Lipinski definition) is 6. The molecule has 0 saturated carbocycles. The van der Waals surface area contributed by atoms with Gasteiger partial charge in [0.2, 0.25) is 15.9 Å². The number of thiocarbonyl (C=S) groups is 1. The molecule has 0 bridgehead atoms. The number of ether oxygens (including phenoxy) is 2. The van der Waals surface area contributed by atoms with Crippen molar-refractivity contribution in [3.05, 3.63) is 66.8 Å². The molecule has 10 heteroatoms. The number of anilines is 1. The maximum absolute atomic E-state index is 12.1. The van der Waals surface area contributed by atoms with Crippen LogP contribution in [0.3, 0.4) is 0 Å². The Labute approximate surface area is 187 Å². The van der Waals surface area contributed by atoms with Gasteiger partial charge in [-0.1, -0.05) is 12.1 Å². The third-order valence-electron chi connectivity index (χ3n) is 3.91. The summed E-state index contributed by atoms with van der Waals surface area (Å²) in [7, 11) is -0.535. The number of carbonyl (C=O) groups is 1. The minimum Gasteiger partial charge on any atom is -0.493 e. The van der Waals surface area contributed by atoms with Gasteiger partial charge in [0.25, 0.3) is 0 Å². The van der Waals surface area contributed by atoms with Gasteiger partial charge < -0.3 is 14.8 Å². The molecule has 0 spiro atoms. The fraction of sp³-hybridized carbons (Fsp3) is 0.143. The first-order chi connectivity index (χ1) is 14.8. The first-order valence-electron chi connectivity index (χ1n) is 9.01. The first kappa shape index (κ1) is 24.1. The highest BCUT2D eigenvalue weighted by atomic mass is 32.2. The highest BCUT2D eigenvalue weighted by molar-refractivity contribution is 7.89. The van der Waals surface area contributed by atoms with E-state index in [0.717, 1.165) is 5.56 Å². The van der Waals surface area contributed by atoms with Gasteiger partial charge >= 0.3 is 0 Å². The molecule has 0 aliphatic rings. The molecule has 0 heterocycles. The molecule has 3 N–H and O–H groups in total. The highest BCUT2D eigenvalue weighted by Crippen LogP contribution is 2.27. The highest BCUT2D eigenvalue weighted by Gasteiger charge is 2.12. The molecule has 1 amide bonds. The van der Waals surface area contributed by atoms with Gasteiger partial charge in [-0.2, -0.15) is 0 Å². The van der Waals surface area contributed by atoms with Crippen LogP contribution in [0.1, 0.15) is 5.56 Å². The Hall–Kier alpha value is -3.21. The number of methoxy groups -OCH3 is 2. The SMILES string of the molecule is C=CCNS(=O)(=O)c1ccc(NC(=S)NC(=O)C=Cc2ccc(OC)c(OC)c2)cc1. The molecular weight excluding hydrogens is 438 g/mol. The van der Waals surface area contributed by atoms with Crippen LogP contribution in [0.5, 0.6) is 11.5 Å². The average molecular weight is 462 g/mol. The number of benzene rings is 2. The van der Waals surface area contributed by atoms with Gasteiger partial charge in [-0.05, 0) is 60.3 Å². The van der Waals surface area contributed by atoms with Crippen LogP contribution in [0, 0.1) is 0 Å². The van der Waals surface area contributed by atoms with Gasteiger partial charge in [0.05, 0.1) is 19.1 Å². The lowest BCUT2D eigenvalue weighted by atomic mass is 10.2. The lowest BCUT2D eigenvalue weighted by Gasteiger charge is -2.10. The minimum absolute atomic E-state index is 0.0716. The Morgan fingerprint density at radius 1 is 1.10 bits per heavy atom. The summed E-state index contributed by atoms with van der Waals surface area (Å²) in [5.74, 6) is 0.706. The lowest BCUT2D eigenvalue weighted by molar-refractivity contribution is -0.115. The van der Waals surface area contributed by atoms with Gasteiger partial charge in [-0.3, -0.25) is 10.1 Å². The molecule has 0 aliphatic heterocycles. The first-order valence-corrected chi connectivity index (χ1v) is 10.9. The quantitative estimate of drug-likeness (QED) is 0.300. The van der Waals surface area contributed by atoms with Gasteiger partial charge in [-0.25, -0.2) is 13.1 Å². The van der Waals surface area contributed by atoms with Gasteiger partial charge in [-0.15, -0.1) is 6.58 Å². The Balaban J connectivity index is 1.94. The van der Waals surface area contributed by atoms with Crippen LogP contribution in [0.15, 0.2) is 66.1 Å². The van der Waals surface area contributed by atoms with Crippen LogP contribution in [-0.2, 0) is 14.8 Å². The number of nitrogens with one attached hydrogen (secondary N) is 3. The van der Waals surface area contributed by atoms with Crippen LogP contribution in [0.2, 0.25) is 0 Å². The topological polar surface area (TPSA) is 106 Å². The summed E-state index contributed by atoms with van der Waals surface area (Å²) in [6, 6.07) is 11.2. The molecule has 0 unspecified atom stereocenters. The number of amides is 1. The van der Waals surface area contributed by atoms with E-state index in [9.17, 15) is 13.2 Å². The van der Waals surface area contributed by atoms with Crippen molar-refractivity contribution < 1.29 is 22.7 Å². The van der Waals surface area contributed by atoms with Crippen molar-refractivity contribution >= 4 is 45.0 Å². The smallest absolute Gasteiger partial charge is 0.250 e. The Bertz CT molecular complexity index is 1080. The maximum atomic E-state index is 12.1. The molecule has 8 nitrogen and oxygen atoms in total. The van der Waals surface area contributed by atoms with E-state index in [1.165, 1.54) is 31.4 Å². The molecule has 164 valence electrons. The monoisotopic (exact) mass is 461 g/mol. The zero-order valence-corrected chi connectivity index (χ0v) is 18.7. The summed E-state index contributed by atoms with van der Waals surface area (Å²) >= 11 is 5.12. The average Bonchev–Trinajstić information content (AvgIpc) is 2.76. The molecule has 2 aromatic rings. The molecule has 31 heavy (non-hydrogen) atoms. The van der Waals surface area contributed by atoms with Crippen molar-refractivity contribution in [3.8, 4) is 11.5 Å². The molecule has 0 aromatic heterocycles. The van der Waals surface area contributed by atoms with E-state index >= 15 is 0 Å². The standard InChI is InChI=1S/C21H23N3O5S2/c1-4-13-22-31(26,27)17-9-7-16(8-10-17)23-21(30)24-20(25)12-6-15-5-11-18(28-2)19(14-15)29-3/h4-12,14,22H,1,13H2,2-3H3,(H2,23,24,25,30). The normalized spacial score (nSPS) is 11.0. The van der Waals surface area contributed by atoms with Crippen molar-refractivity contribution in [2.45, 2.75) is 4.90 Å². The second-order valence-electron chi connectivity index (χ2n) is 6.06. The second-order valence-corrected chi connectivity index (χ2v) is 8.23. The van der Waals surface area contributed by atoms with E-state index in [-0.39, 0.29) is 16.6 Å². The third kappa shape index (κ3) is 7.21. The summed E-state index contributed by atoms with van der Waals surface area (Å²) in [6.45, 7) is 3.61. The number of sulfonamides is 1. The van der Waals surface area contributed by atoms with Crippen molar-refractivity contribution in [1.82, 2.24) is 10.0 Å². The van der Waals surface area contributed by atoms with Crippen molar-refractivity contribution in [1.29, 1.82) is 0 Å². The number of carbonyl (C=O) groups excluding carboxylic acids is 1. The predicted octanol–water partition coefficient (Wildman–Crippen LogP) is 2.69. The zero-order chi connectivity index (χ0) is 22.9. The van der Waals surface area contributed by atoms with Crippen LogP contribution in [0.4, 0.5) is 5.69 Å². The van der Waals surface area contributed by atoms with E-state index in [4.69, 9.17) is 21.7 Å². The van der Waals surface area contributed by atoms with E-state index < -0.39 is 15.9 Å². The Morgan fingerprint density at radius 3 is 2.39 bits per heavy atom. The molecule has 0 fully saturated rings. The van der Waals surface area contributed by atoms with Crippen LogP contribution >= 0.6 is 12.2 Å². The summed E-state index contributed by atoms with van der Waals surface area (Å²) in [5, 5.41) is 5.41. The molecule has 0 atom stereocenters. The van der Waals surface area contributed by atoms with E-state index in [1.54, 1.807) is 43.5 Å². The number of hydrogen-bond donors (Lipinski definition) is 3. The fourth-order valence-corrected chi connectivity index (χ4v) is 3.63. The molecule has 2 aromatic carbocycles. The second kappa shape index (κ2) is 11.3. The van der Waals surface area contributed by atoms with Crippen molar-refractivity contribution in [2.24, 2.45) is 0 Å². The van der Waals surface area contributed by atoms with Crippen LogP contribution in [0.25, 0.3) is 6.08 Å². The summed E-state index contributed by atoms with van der Waals surface area (Å²) in [5.41, 5.74) is 1.27. The largest absolute Gasteiger partial charge is 0.493 e. The zero-order valence-electron chi connectivity index (χ0n) is 17.0. The van der Waals surface area contributed by atoms with Crippen molar-refractivity contribution in [3.63, 3.8) is 0 Å². The van der Waals surface area contributed by atoms with E-state index in [0.29, 0.717) is 17.2 Å². The van der Waals surface area contributed by atoms with Gasteiger partial charge in [0.15, 0.2) is 16.6 Å². The van der Waals surface area contributed by atoms with Gasteiger partial charge in [0, 0.05) is 18.3 Å². The van der Waals surface area contributed by atoms with Crippen molar-refractivity contribution in [2.75, 3.05) is 26.1 Å².